The van der Waals surface area contributed by atoms with Gasteiger partial charge in [-0.15, -0.1) is 0 Å². The Labute approximate surface area is 170 Å². The minimum atomic E-state index is -0.254. The molecule has 1 N–H and O–H groups in total. The van der Waals surface area contributed by atoms with Gasteiger partial charge in [-0.1, -0.05) is 60.7 Å². The fourth-order valence-corrected chi connectivity index (χ4v) is 3.97. The third kappa shape index (κ3) is 3.36. The summed E-state index contributed by atoms with van der Waals surface area (Å²) in [6.07, 6.45) is 0.856. The number of nitrogens with zero attached hydrogens (tertiary/aromatic N) is 2. The smallest absolute Gasteiger partial charge is 0.166 e. The molecule has 2 unspecified atom stereocenters. The lowest BCUT2D eigenvalue weighted by molar-refractivity contribution is -0.102. The molecule has 3 aromatic carbocycles. The summed E-state index contributed by atoms with van der Waals surface area (Å²) in [6.45, 7) is 0. The standard InChI is InChI=1S/C24H23N3O2/c1-25-19-13-7-8-14-21(19)27-24(17-10-4-3-5-11-17)23(20(16-28)26-27)18-12-6-9-15-22(18)29-2/h3-16,23-25H,1-2H3. The third-order valence-corrected chi connectivity index (χ3v) is 5.28. The van der Waals surface area contributed by atoms with Crippen molar-refractivity contribution in [2.24, 2.45) is 5.10 Å². The van der Waals surface area contributed by atoms with Crippen molar-refractivity contribution >= 4 is 23.4 Å². The van der Waals surface area contributed by atoms with Crippen LogP contribution in [0.2, 0.25) is 0 Å². The molecule has 0 fully saturated rings. The van der Waals surface area contributed by atoms with Gasteiger partial charge in [0.15, 0.2) is 6.29 Å². The molecule has 0 saturated carbocycles. The van der Waals surface area contributed by atoms with Gasteiger partial charge >= 0.3 is 0 Å². The number of rotatable bonds is 6. The minimum Gasteiger partial charge on any atom is -0.496 e. The monoisotopic (exact) mass is 385 g/mol. The highest BCUT2D eigenvalue weighted by molar-refractivity contribution is 6.32. The zero-order valence-corrected chi connectivity index (χ0v) is 16.4. The largest absolute Gasteiger partial charge is 0.496 e. The summed E-state index contributed by atoms with van der Waals surface area (Å²) in [5.74, 6) is 0.493. The summed E-state index contributed by atoms with van der Waals surface area (Å²) in [6, 6.07) is 25.8. The predicted octanol–water partition coefficient (Wildman–Crippen LogP) is 4.64. The fraction of sp³-hybridized carbons (Fsp3) is 0.167. The number of carbonyl (C=O) groups is 1. The third-order valence-electron chi connectivity index (χ3n) is 5.28. The minimum absolute atomic E-state index is 0.179. The van der Waals surface area contributed by atoms with Crippen LogP contribution in [0.15, 0.2) is 84.0 Å². The van der Waals surface area contributed by atoms with E-state index in [1.54, 1.807) is 7.11 Å². The van der Waals surface area contributed by atoms with Crippen molar-refractivity contribution < 1.29 is 9.53 Å². The second kappa shape index (κ2) is 8.19. The van der Waals surface area contributed by atoms with Crippen LogP contribution in [0, 0.1) is 0 Å². The van der Waals surface area contributed by atoms with E-state index in [-0.39, 0.29) is 12.0 Å². The van der Waals surface area contributed by atoms with Gasteiger partial charge in [0.05, 0.1) is 30.4 Å². The van der Waals surface area contributed by atoms with Crippen molar-refractivity contribution in [3.05, 3.63) is 90.0 Å². The lowest BCUT2D eigenvalue weighted by Gasteiger charge is -2.30. The lowest BCUT2D eigenvalue weighted by atomic mass is 9.84. The number of carbonyl (C=O) groups excluding carboxylic acids is 1. The number of nitrogens with one attached hydrogen (secondary N) is 1. The molecule has 1 aliphatic rings. The molecule has 3 aromatic rings. The molecule has 1 heterocycles. The molecule has 4 rings (SSSR count). The van der Waals surface area contributed by atoms with Crippen molar-refractivity contribution in [3.63, 3.8) is 0 Å². The zero-order chi connectivity index (χ0) is 20.2. The summed E-state index contributed by atoms with van der Waals surface area (Å²) in [4.78, 5) is 12.1. The van der Waals surface area contributed by atoms with Gasteiger partial charge in [-0.2, -0.15) is 5.10 Å². The van der Waals surface area contributed by atoms with Crippen molar-refractivity contribution in [2.45, 2.75) is 12.0 Å². The number of anilines is 2. The number of hydrogen-bond acceptors (Lipinski definition) is 5. The molecular formula is C24H23N3O2. The normalized spacial score (nSPS) is 18.3. The van der Waals surface area contributed by atoms with Crippen LogP contribution in [0.25, 0.3) is 0 Å². The van der Waals surface area contributed by atoms with Crippen LogP contribution in [0.1, 0.15) is 23.1 Å². The van der Waals surface area contributed by atoms with Crippen LogP contribution in [0.5, 0.6) is 5.75 Å². The van der Waals surface area contributed by atoms with Gasteiger partial charge in [-0.05, 0) is 23.8 Å². The summed E-state index contributed by atoms with van der Waals surface area (Å²) < 4.78 is 5.62. The van der Waals surface area contributed by atoms with E-state index in [4.69, 9.17) is 9.84 Å². The zero-order valence-electron chi connectivity index (χ0n) is 16.4. The molecule has 29 heavy (non-hydrogen) atoms. The maximum Gasteiger partial charge on any atom is 0.166 e. The molecule has 5 nitrogen and oxygen atoms in total. The first-order valence-electron chi connectivity index (χ1n) is 9.56. The molecule has 0 saturated heterocycles. The van der Waals surface area contributed by atoms with Crippen LogP contribution in [-0.4, -0.2) is 26.2 Å². The van der Waals surface area contributed by atoms with E-state index in [2.05, 4.69) is 17.4 Å². The summed E-state index contributed by atoms with van der Waals surface area (Å²) >= 11 is 0. The molecule has 0 spiro atoms. The molecule has 0 amide bonds. The Bertz CT molecular complexity index is 1030. The SMILES string of the molecule is CNc1ccccc1N1N=C(C=O)C(c2ccccc2OC)C1c1ccccc1. The van der Waals surface area contributed by atoms with Crippen LogP contribution < -0.4 is 15.1 Å². The van der Waals surface area contributed by atoms with Crippen molar-refractivity contribution in [1.29, 1.82) is 0 Å². The van der Waals surface area contributed by atoms with Gasteiger partial charge in [0.1, 0.15) is 11.5 Å². The molecule has 1 aliphatic heterocycles. The van der Waals surface area contributed by atoms with Gasteiger partial charge < -0.3 is 10.1 Å². The maximum absolute atomic E-state index is 12.1. The second-order valence-corrected chi connectivity index (χ2v) is 6.83. The quantitative estimate of drug-likeness (QED) is 0.628. The van der Waals surface area contributed by atoms with Gasteiger partial charge in [-0.3, -0.25) is 9.80 Å². The molecule has 146 valence electrons. The number of hydrazone groups is 1. The molecule has 0 aromatic heterocycles. The topological polar surface area (TPSA) is 53.9 Å². The summed E-state index contributed by atoms with van der Waals surface area (Å²) in [5, 5.41) is 9.94. The Morgan fingerprint density at radius 2 is 1.66 bits per heavy atom. The number of ether oxygens (including phenoxy) is 1. The van der Waals surface area contributed by atoms with Gasteiger partial charge in [-0.25, -0.2) is 0 Å². The van der Waals surface area contributed by atoms with Crippen LogP contribution >= 0.6 is 0 Å². The molecular weight excluding hydrogens is 362 g/mol. The van der Waals surface area contributed by atoms with Crippen molar-refractivity contribution in [1.82, 2.24) is 0 Å². The highest BCUT2D eigenvalue weighted by Crippen LogP contribution is 2.47. The average molecular weight is 385 g/mol. The molecule has 5 heteroatoms. The summed E-state index contributed by atoms with van der Waals surface area (Å²) in [5.41, 5.74) is 4.37. The Morgan fingerprint density at radius 3 is 2.38 bits per heavy atom. The first-order valence-corrected chi connectivity index (χ1v) is 9.56. The Morgan fingerprint density at radius 1 is 0.966 bits per heavy atom. The molecule has 0 bridgehead atoms. The van der Waals surface area contributed by atoms with Gasteiger partial charge in [0.25, 0.3) is 0 Å². The van der Waals surface area contributed by atoms with Crippen molar-refractivity contribution in [3.8, 4) is 5.75 Å². The van der Waals surface area contributed by atoms with Gasteiger partial charge in [0.2, 0.25) is 0 Å². The maximum atomic E-state index is 12.1. The first kappa shape index (κ1) is 18.7. The highest BCUT2D eigenvalue weighted by atomic mass is 16.5. The Hall–Kier alpha value is -3.60. The predicted molar refractivity (Wildman–Crippen MR) is 117 cm³/mol. The van der Waals surface area contributed by atoms with Gasteiger partial charge in [0, 0.05) is 12.6 Å². The average Bonchev–Trinajstić information content (AvgIpc) is 3.18. The van der Waals surface area contributed by atoms with E-state index < -0.39 is 0 Å². The Balaban J connectivity index is 1.92. The number of hydrogen-bond donors (Lipinski definition) is 1. The molecule has 0 aliphatic carbocycles. The molecule has 0 radical (unpaired) electrons. The van der Waals surface area contributed by atoms with E-state index in [1.165, 1.54) is 0 Å². The van der Waals surface area contributed by atoms with Crippen LogP contribution in [0.3, 0.4) is 0 Å². The number of aldehydes is 1. The van der Waals surface area contributed by atoms with Crippen molar-refractivity contribution in [2.75, 3.05) is 24.5 Å². The summed E-state index contributed by atoms with van der Waals surface area (Å²) in [7, 11) is 3.53. The number of para-hydroxylation sites is 3. The number of benzene rings is 3. The van der Waals surface area contributed by atoms with E-state index >= 15 is 0 Å². The van der Waals surface area contributed by atoms with E-state index in [0.717, 1.165) is 34.5 Å². The fourth-order valence-electron chi connectivity index (χ4n) is 3.97. The Kier molecular flexibility index (Phi) is 5.29. The highest BCUT2D eigenvalue weighted by Gasteiger charge is 2.41. The van der Waals surface area contributed by atoms with E-state index in [1.807, 2.05) is 78.8 Å². The van der Waals surface area contributed by atoms with Crippen LogP contribution in [0.4, 0.5) is 11.4 Å². The second-order valence-electron chi connectivity index (χ2n) is 6.83. The molecule has 2 atom stereocenters. The van der Waals surface area contributed by atoms with Crippen LogP contribution in [-0.2, 0) is 4.79 Å². The van der Waals surface area contributed by atoms with E-state index in [0.29, 0.717) is 5.71 Å². The van der Waals surface area contributed by atoms with E-state index in [9.17, 15) is 4.79 Å². The lowest BCUT2D eigenvalue weighted by Crippen LogP contribution is -2.25. The first-order chi connectivity index (χ1) is 14.3. The number of methoxy groups -OCH3 is 1.